The monoisotopic (exact) mass is 376 g/mol. The third kappa shape index (κ3) is 4.47. The summed E-state index contributed by atoms with van der Waals surface area (Å²) in [5.74, 6) is -0.619. The van der Waals surface area contributed by atoms with Crippen LogP contribution in [0.1, 0.15) is 47.5 Å². The maximum Gasteiger partial charge on any atom is 0.341 e. The van der Waals surface area contributed by atoms with Gasteiger partial charge in [0.1, 0.15) is 11.1 Å². The zero-order valence-corrected chi connectivity index (χ0v) is 15.9. The molecule has 2 heterocycles. The van der Waals surface area contributed by atoms with Crippen LogP contribution in [0.5, 0.6) is 0 Å². The van der Waals surface area contributed by atoms with Crippen LogP contribution in [-0.2, 0) is 20.7 Å². The van der Waals surface area contributed by atoms with E-state index < -0.39 is 12.1 Å². The summed E-state index contributed by atoms with van der Waals surface area (Å²) in [6.07, 6.45) is 1.57. The fourth-order valence-electron chi connectivity index (χ4n) is 2.78. The van der Waals surface area contributed by atoms with Crippen molar-refractivity contribution >= 4 is 40.6 Å². The Morgan fingerprint density at radius 2 is 2.08 bits per heavy atom. The third-order valence-corrected chi connectivity index (χ3v) is 5.00. The fourth-order valence-corrected chi connectivity index (χ4v) is 3.91. The molecule has 0 unspecified atom stereocenters. The second kappa shape index (κ2) is 9.36. The summed E-state index contributed by atoms with van der Waals surface area (Å²) in [5.41, 5.74) is 6.97. The molecule has 0 aromatic carbocycles. The van der Waals surface area contributed by atoms with Crippen LogP contribution in [0.2, 0.25) is 0 Å². The van der Waals surface area contributed by atoms with Crippen molar-refractivity contribution < 1.29 is 19.1 Å². The molecule has 1 saturated heterocycles. The summed E-state index contributed by atoms with van der Waals surface area (Å²) in [6.45, 7) is 6.40. The van der Waals surface area contributed by atoms with Gasteiger partial charge in [0, 0.05) is 11.4 Å². The maximum absolute atomic E-state index is 12.4. The van der Waals surface area contributed by atoms with Gasteiger partial charge in [-0.25, -0.2) is 4.79 Å². The molecule has 2 rings (SSSR count). The van der Waals surface area contributed by atoms with Gasteiger partial charge < -0.3 is 20.5 Å². The lowest BCUT2D eigenvalue weighted by Gasteiger charge is -2.13. The van der Waals surface area contributed by atoms with Crippen LogP contribution in [0.25, 0.3) is 0 Å². The first-order valence-corrected chi connectivity index (χ1v) is 8.79. The molecule has 0 saturated carbocycles. The molecule has 1 aromatic rings. The number of hydrogen-bond donors (Lipinski definition) is 2. The third-order valence-electron chi connectivity index (χ3n) is 3.94. The SMILES string of the molecule is CCOC(=O)c1c(NC(=O)[C@@H]2CC[C@H](CN)O2)sc(C)c1CC.Cl. The predicted molar refractivity (Wildman–Crippen MR) is 97.2 cm³/mol. The van der Waals surface area contributed by atoms with Gasteiger partial charge in [-0.3, -0.25) is 4.79 Å². The highest BCUT2D eigenvalue weighted by Gasteiger charge is 2.31. The van der Waals surface area contributed by atoms with Crippen LogP contribution in [0.3, 0.4) is 0 Å². The molecule has 0 bridgehead atoms. The number of amides is 1. The van der Waals surface area contributed by atoms with Crippen molar-refractivity contribution in [3.05, 3.63) is 16.0 Å². The van der Waals surface area contributed by atoms with E-state index in [1.165, 1.54) is 11.3 Å². The summed E-state index contributed by atoms with van der Waals surface area (Å²) in [5, 5.41) is 3.39. The van der Waals surface area contributed by atoms with Crippen molar-refractivity contribution in [1.82, 2.24) is 0 Å². The average molecular weight is 377 g/mol. The number of esters is 1. The zero-order chi connectivity index (χ0) is 17.0. The Balaban J connectivity index is 0.00000288. The summed E-state index contributed by atoms with van der Waals surface area (Å²) >= 11 is 1.40. The number of nitrogens with one attached hydrogen (secondary N) is 1. The minimum atomic E-state index is -0.508. The van der Waals surface area contributed by atoms with Gasteiger partial charge in [0.05, 0.1) is 18.3 Å². The van der Waals surface area contributed by atoms with E-state index in [0.717, 1.165) is 16.9 Å². The molecule has 0 radical (unpaired) electrons. The Morgan fingerprint density at radius 3 is 2.62 bits per heavy atom. The number of ether oxygens (including phenoxy) is 2. The van der Waals surface area contributed by atoms with E-state index in [1.807, 2.05) is 13.8 Å². The Morgan fingerprint density at radius 1 is 1.38 bits per heavy atom. The van der Waals surface area contributed by atoms with Gasteiger partial charge in [-0.15, -0.1) is 23.7 Å². The quantitative estimate of drug-likeness (QED) is 0.745. The van der Waals surface area contributed by atoms with E-state index in [9.17, 15) is 9.59 Å². The largest absolute Gasteiger partial charge is 0.462 e. The van der Waals surface area contributed by atoms with Gasteiger partial charge in [-0.2, -0.15) is 0 Å². The number of thiophene rings is 1. The lowest BCUT2D eigenvalue weighted by atomic mass is 10.1. The summed E-state index contributed by atoms with van der Waals surface area (Å²) < 4.78 is 10.7. The minimum absolute atomic E-state index is 0. The van der Waals surface area contributed by atoms with Gasteiger partial charge in [-0.05, 0) is 38.7 Å². The first-order valence-electron chi connectivity index (χ1n) is 7.97. The lowest BCUT2D eigenvalue weighted by molar-refractivity contribution is -0.126. The molecule has 2 atom stereocenters. The van der Waals surface area contributed by atoms with Crippen molar-refractivity contribution in [3.63, 3.8) is 0 Å². The van der Waals surface area contributed by atoms with Crippen LogP contribution in [0, 0.1) is 6.92 Å². The molecular weight excluding hydrogens is 352 g/mol. The molecule has 8 heteroatoms. The number of hydrogen-bond acceptors (Lipinski definition) is 6. The Labute approximate surface area is 152 Å². The second-order valence-electron chi connectivity index (χ2n) is 5.46. The summed E-state index contributed by atoms with van der Waals surface area (Å²) in [7, 11) is 0. The highest BCUT2D eigenvalue weighted by atomic mass is 35.5. The Hall–Kier alpha value is -1.15. The normalized spacial score (nSPS) is 19.7. The van der Waals surface area contributed by atoms with Gasteiger partial charge in [0.15, 0.2) is 0 Å². The molecule has 0 spiro atoms. The number of carbonyl (C=O) groups excluding carboxylic acids is 2. The smallest absolute Gasteiger partial charge is 0.341 e. The maximum atomic E-state index is 12.4. The van der Waals surface area contributed by atoms with Crippen molar-refractivity contribution in [2.45, 2.75) is 52.2 Å². The number of carbonyl (C=O) groups is 2. The van der Waals surface area contributed by atoms with Crippen LogP contribution < -0.4 is 11.1 Å². The van der Waals surface area contributed by atoms with Crippen molar-refractivity contribution in [1.29, 1.82) is 0 Å². The first kappa shape index (κ1) is 20.9. The Bertz CT molecular complexity index is 591. The molecule has 1 fully saturated rings. The van der Waals surface area contributed by atoms with Gasteiger partial charge in [0.25, 0.3) is 5.91 Å². The standard InChI is InChI=1S/C16H24N2O4S.ClH/c1-4-11-9(3)23-15(13(11)16(20)21-5-2)18-14(19)12-7-6-10(8-17)22-12;/h10,12H,4-8,17H2,1-3H3,(H,18,19);1H/t10-,12+;/m1./s1. The molecule has 0 aliphatic carbocycles. The lowest BCUT2D eigenvalue weighted by Crippen LogP contribution is -2.30. The minimum Gasteiger partial charge on any atom is -0.462 e. The van der Waals surface area contributed by atoms with Crippen LogP contribution in [0.4, 0.5) is 5.00 Å². The fraction of sp³-hybridized carbons (Fsp3) is 0.625. The van der Waals surface area contributed by atoms with Gasteiger partial charge in [-0.1, -0.05) is 6.92 Å². The van der Waals surface area contributed by atoms with E-state index in [4.69, 9.17) is 15.2 Å². The van der Waals surface area contributed by atoms with E-state index in [1.54, 1.807) is 6.92 Å². The van der Waals surface area contributed by atoms with Crippen LogP contribution in [0.15, 0.2) is 0 Å². The molecule has 1 aliphatic heterocycles. The molecule has 3 N–H and O–H groups in total. The summed E-state index contributed by atoms with van der Waals surface area (Å²) in [6, 6.07) is 0. The first-order chi connectivity index (χ1) is 11.0. The molecular formula is C16H25ClN2O4S. The van der Waals surface area contributed by atoms with Crippen LogP contribution >= 0.6 is 23.7 Å². The van der Waals surface area contributed by atoms with E-state index in [-0.39, 0.29) is 24.4 Å². The van der Waals surface area contributed by atoms with E-state index >= 15 is 0 Å². The van der Waals surface area contributed by atoms with Crippen molar-refractivity contribution in [2.24, 2.45) is 5.73 Å². The molecule has 1 amide bonds. The predicted octanol–water partition coefficient (Wildman–Crippen LogP) is 2.66. The topological polar surface area (TPSA) is 90.7 Å². The van der Waals surface area contributed by atoms with Crippen molar-refractivity contribution in [2.75, 3.05) is 18.5 Å². The summed E-state index contributed by atoms with van der Waals surface area (Å²) in [4.78, 5) is 25.7. The molecule has 1 aromatic heterocycles. The van der Waals surface area contributed by atoms with Gasteiger partial charge in [0.2, 0.25) is 0 Å². The van der Waals surface area contributed by atoms with E-state index in [0.29, 0.717) is 36.6 Å². The highest BCUT2D eigenvalue weighted by Crippen LogP contribution is 2.34. The number of halogens is 1. The number of anilines is 1. The van der Waals surface area contributed by atoms with Crippen LogP contribution in [-0.4, -0.2) is 37.2 Å². The average Bonchev–Trinajstić information content (AvgIpc) is 3.11. The zero-order valence-electron chi connectivity index (χ0n) is 14.2. The number of rotatable bonds is 6. The molecule has 6 nitrogen and oxygen atoms in total. The molecule has 1 aliphatic rings. The molecule has 136 valence electrons. The van der Waals surface area contributed by atoms with Gasteiger partial charge >= 0.3 is 5.97 Å². The van der Waals surface area contributed by atoms with E-state index in [2.05, 4.69) is 5.32 Å². The number of nitrogens with two attached hydrogens (primary N) is 1. The second-order valence-corrected chi connectivity index (χ2v) is 6.69. The highest BCUT2D eigenvalue weighted by molar-refractivity contribution is 7.16. The number of aryl methyl sites for hydroxylation is 1. The van der Waals surface area contributed by atoms with Crippen molar-refractivity contribution in [3.8, 4) is 0 Å². The molecule has 24 heavy (non-hydrogen) atoms. The Kier molecular flexibility index (Phi) is 8.15.